The van der Waals surface area contributed by atoms with Crippen molar-refractivity contribution in [3.63, 3.8) is 0 Å². The highest BCUT2D eigenvalue weighted by atomic mass is 32.3. The number of halogens is 6. The van der Waals surface area contributed by atoms with Crippen molar-refractivity contribution in [1.29, 1.82) is 0 Å². The molecule has 0 aliphatic heterocycles. The van der Waals surface area contributed by atoms with E-state index in [2.05, 4.69) is 22.1 Å². The third-order valence-corrected chi connectivity index (χ3v) is 12.9. The summed E-state index contributed by atoms with van der Waals surface area (Å²) in [6, 6.07) is 7.29. The Balaban J connectivity index is 1.78. The summed E-state index contributed by atoms with van der Waals surface area (Å²) in [5.41, 5.74) is -4.76. The molecule has 0 saturated carbocycles. The number of benzene rings is 2. The molecular weight excluding hydrogens is 759 g/mol. The fourth-order valence-electron chi connectivity index (χ4n) is 3.64. The van der Waals surface area contributed by atoms with Crippen LogP contribution in [0.15, 0.2) is 59.0 Å². The summed E-state index contributed by atoms with van der Waals surface area (Å²) in [5, 5.41) is 8.51. The Kier molecular flexibility index (Phi) is 10.3. The maximum Gasteiger partial charge on any atom is 0.516 e. The number of aryl methyl sites for hydroxylation is 2. The van der Waals surface area contributed by atoms with Gasteiger partial charge in [-0.15, -0.1) is 10.2 Å². The predicted octanol–water partition coefficient (Wildman–Crippen LogP) is 4.66. The molecule has 14 nitrogen and oxygen atoms in total. The van der Waals surface area contributed by atoms with Crippen molar-refractivity contribution in [3.05, 3.63) is 46.0 Å². The zero-order valence-electron chi connectivity index (χ0n) is 22.6. The number of hydrogen-bond acceptors (Lipinski definition) is 13. The summed E-state index contributed by atoms with van der Waals surface area (Å²) in [6.07, 6.45) is 0. The summed E-state index contributed by atoms with van der Waals surface area (Å²) in [6.45, 7) is 4.18. The number of fused-ring (bicyclic) bond motifs is 2. The minimum Gasteiger partial charge on any atom is -0.546 e. The first-order valence-electron chi connectivity index (χ1n) is 12.0. The van der Waals surface area contributed by atoms with E-state index in [0.717, 1.165) is 34.8 Å². The van der Waals surface area contributed by atoms with E-state index in [-0.39, 0.29) is 15.3 Å². The number of nitrogens with zero attached hydrogens (tertiary/aromatic N) is 6. The van der Waals surface area contributed by atoms with Gasteiger partial charge in [-0.2, -0.15) is 38.8 Å². The van der Waals surface area contributed by atoms with Gasteiger partial charge in [0.2, 0.25) is 9.60 Å². The number of rotatable bonds is 10. The van der Waals surface area contributed by atoms with Crippen molar-refractivity contribution in [2.45, 2.75) is 43.1 Å². The smallest absolute Gasteiger partial charge is 0.516 e. The normalized spacial score (nSPS) is 16.0. The zero-order chi connectivity index (χ0) is 34.2. The minimum atomic E-state index is -6.06. The van der Waals surface area contributed by atoms with E-state index in [0.29, 0.717) is 33.6 Å². The molecule has 0 saturated heterocycles. The van der Waals surface area contributed by atoms with E-state index >= 15 is 0 Å². The highest BCUT2D eigenvalue weighted by molar-refractivity contribution is 8.01. The first-order chi connectivity index (χ1) is 21.4. The first-order valence-corrected chi connectivity index (χ1v) is 19.0. The van der Waals surface area contributed by atoms with Crippen LogP contribution in [0.2, 0.25) is 0 Å². The number of hydrogen-bond donors (Lipinski definition) is 0. The molecule has 0 amide bonds. The summed E-state index contributed by atoms with van der Waals surface area (Å²) >= 11 is 1.97. The van der Waals surface area contributed by atoms with Gasteiger partial charge in [-0.1, -0.05) is 30.8 Å². The number of aromatic nitrogens is 2. The molecule has 0 N–H and O–H groups in total. The van der Waals surface area contributed by atoms with Gasteiger partial charge in [-0.05, 0) is 54.8 Å². The van der Waals surface area contributed by atoms with E-state index in [1.807, 2.05) is 0 Å². The zero-order valence-corrected chi connectivity index (χ0v) is 27.5. The maximum absolute atomic E-state index is 12.9. The summed E-state index contributed by atoms with van der Waals surface area (Å²) in [5.74, 6) is -4.30. The molecule has 46 heavy (non-hydrogen) atoms. The van der Waals surface area contributed by atoms with Crippen LogP contribution in [-0.2, 0) is 62.6 Å². The van der Waals surface area contributed by atoms with Crippen LogP contribution in [0.4, 0.5) is 26.5 Å². The molecule has 254 valence electrons. The lowest BCUT2D eigenvalue weighted by Crippen LogP contribution is -2.21. The van der Waals surface area contributed by atoms with Crippen LogP contribution in [-0.4, -0.2) is 41.4 Å². The monoisotopic (exact) mass is 775 g/mol. The van der Waals surface area contributed by atoms with Crippen LogP contribution >= 0.6 is 22.7 Å². The number of sulfonamides is 2. The van der Waals surface area contributed by atoms with E-state index < -0.39 is 57.1 Å². The summed E-state index contributed by atoms with van der Waals surface area (Å²) < 4.78 is 163. The van der Waals surface area contributed by atoms with Crippen molar-refractivity contribution < 1.29 is 60.3 Å². The molecule has 2 aromatic heterocycles. The standard InChI is InChI=1S/C20H17F6N6O8S6/c1-3-31-13-7-5-11(39-43(33)29-46(37,38)20(23,24)25)9-15(13)41-18(31)27-28-19-32(4-2)14-8-6-12(10-16(14)42-19)44(34,35)30-45(36,40-26)17(21)22/h5-10,17H,3-4H2,1-2H3/q-1/b27-18+,28-19+. The lowest BCUT2D eigenvalue weighted by molar-refractivity contribution is -0.0434. The van der Waals surface area contributed by atoms with Crippen LogP contribution < -0.4 is 13.8 Å². The number of alkyl halides is 5. The largest absolute Gasteiger partial charge is 0.546 e. The molecule has 0 aliphatic carbocycles. The van der Waals surface area contributed by atoms with Gasteiger partial charge >= 0.3 is 21.3 Å². The molecule has 0 aliphatic rings. The molecule has 2 aromatic carbocycles. The van der Waals surface area contributed by atoms with Gasteiger partial charge in [0, 0.05) is 24.0 Å². The fraction of sp³-hybridized carbons (Fsp3) is 0.300. The van der Waals surface area contributed by atoms with Crippen molar-refractivity contribution in [2.75, 3.05) is 0 Å². The molecule has 4 aromatic rings. The SMILES string of the molecule is CCn1/c(=N\N=c2\sc3cc(S(=O)(=O)N=S(=O)(OF)C(F)F)ccc3n2CC)sc2cc(O[S-](=O)=NS(=O)(=O)C(F)(F)F)ccc21. The maximum atomic E-state index is 12.9. The van der Waals surface area contributed by atoms with E-state index in [9.17, 15) is 51.7 Å². The molecule has 0 spiro atoms. The fourth-order valence-corrected chi connectivity index (χ4v) is 9.60. The molecular formula is C20H17F6N6O8S6-. The quantitative estimate of drug-likeness (QED) is 0.127. The van der Waals surface area contributed by atoms with Gasteiger partial charge in [0.05, 0.1) is 25.3 Å². The van der Waals surface area contributed by atoms with Gasteiger partial charge in [0.15, 0.2) is 0 Å². The van der Waals surface area contributed by atoms with Gasteiger partial charge in [0.25, 0.3) is 20.0 Å². The average molecular weight is 776 g/mol. The molecule has 4 rings (SSSR count). The highest BCUT2D eigenvalue weighted by Gasteiger charge is 2.44. The van der Waals surface area contributed by atoms with Crippen LogP contribution in [0, 0.1) is 0 Å². The molecule has 0 bridgehead atoms. The Hall–Kier alpha value is -3.04. The highest BCUT2D eigenvalue weighted by Crippen LogP contribution is 2.28. The second kappa shape index (κ2) is 13.2. The average Bonchev–Trinajstić information content (AvgIpc) is 3.50. The Labute approximate surface area is 265 Å². The second-order valence-corrected chi connectivity index (χ2v) is 16.6. The minimum absolute atomic E-state index is 0.250. The first kappa shape index (κ1) is 35.8. The third-order valence-electron chi connectivity index (χ3n) is 5.60. The van der Waals surface area contributed by atoms with Gasteiger partial charge in [-0.3, -0.25) is 0 Å². The van der Waals surface area contributed by atoms with Gasteiger partial charge in [-0.25, -0.2) is 7.98 Å². The lowest BCUT2D eigenvalue weighted by Gasteiger charge is -2.11. The second-order valence-electron chi connectivity index (χ2n) is 8.40. The Bertz CT molecular complexity index is 2400. The van der Waals surface area contributed by atoms with Crippen molar-refractivity contribution in [2.24, 2.45) is 17.7 Å². The molecule has 1 unspecified atom stereocenters. The topological polar surface area (TPSA) is 180 Å². The van der Waals surface area contributed by atoms with Crippen molar-refractivity contribution in [3.8, 4) is 5.75 Å². The summed E-state index contributed by atoms with van der Waals surface area (Å²) in [7, 11) is -19.8. The van der Waals surface area contributed by atoms with Crippen LogP contribution in [0.25, 0.3) is 20.4 Å². The van der Waals surface area contributed by atoms with Crippen molar-refractivity contribution >= 4 is 84.0 Å². The van der Waals surface area contributed by atoms with E-state index in [1.54, 1.807) is 23.0 Å². The van der Waals surface area contributed by atoms with E-state index in [1.165, 1.54) is 24.3 Å². The molecule has 0 fully saturated rings. The molecule has 1 atom stereocenters. The van der Waals surface area contributed by atoms with Crippen LogP contribution in [0.1, 0.15) is 13.8 Å². The molecule has 0 radical (unpaired) electrons. The van der Waals surface area contributed by atoms with Crippen LogP contribution in [0.5, 0.6) is 5.75 Å². The Morgan fingerprint density at radius 1 is 0.891 bits per heavy atom. The van der Waals surface area contributed by atoms with E-state index in [4.69, 9.17) is 4.18 Å². The lowest BCUT2D eigenvalue weighted by atomic mass is 10.3. The van der Waals surface area contributed by atoms with Gasteiger partial charge in [0.1, 0.15) is 5.75 Å². The molecule has 2 heterocycles. The predicted molar refractivity (Wildman–Crippen MR) is 154 cm³/mol. The number of thiazole rings is 2. The molecule has 26 heteroatoms. The Morgan fingerprint density at radius 3 is 1.89 bits per heavy atom. The van der Waals surface area contributed by atoms with Crippen LogP contribution in [0.3, 0.4) is 0 Å². The van der Waals surface area contributed by atoms with Gasteiger partial charge < -0.3 is 17.5 Å². The third kappa shape index (κ3) is 7.25. The Morgan fingerprint density at radius 2 is 1.41 bits per heavy atom. The van der Waals surface area contributed by atoms with Crippen molar-refractivity contribution in [1.82, 2.24) is 9.13 Å². The summed E-state index contributed by atoms with van der Waals surface area (Å²) in [4.78, 5) is -0.121.